The molecule has 0 amide bonds. The molecule has 0 aromatic carbocycles. The van der Waals surface area contributed by atoms with Crippen molar-refractivity contribution >= 4 is 20.0 Å². The molecule has 0 aromatic heterocycles. The lowest BCUT2D eigenvalue weighted by Gasteiger charge is -2.16. The Morgan fingerprint density at radius 3 is 1.25 bits per heavy atom. The molecule has 0 spiro atoms. The number of thiol groups is 1. The Morgan fingerprint density at radius 1 is 1.00 bits per heavy atom. The van der Waals surface area contributed by atoms with Gasteiger partial charge >= 0.3 is 7.95 Å². The first-order valence-corrected chi connectivity index (χ1v) is 5.07. The Kier molecular flexibility index (Phi) is 3.66. The van der Waals surface area contributed by atoms with E-state index in [0.29, 0.717) is 0 Å². The zero-order valence-electron chi connectivity index (χ0n) is 5.17. The molecule has 0 unspecified atom stereocenters. The van der Waals surface area contributed by atoms with E-state index >= 15 is 0 Å². The maximum atomic E-state index is 4.79. The van der Waals surface area contributed by atoms with Crippen LogP contribution in [-0.4, -0.2) is 29.3 Å². The van der Waals surface area contributed by atoms with Crippen molar-refractivity contribution in [3.05, 3.63) is 0 Å². The third kappa shape index (κ3) is 2.14. The first-order valence-electron chi connectivity index (χ1n) is 2.06. The van der Waals surface area contributed by atoms with Crippen LogP contribution >= 0.6 is 12.1 Å². The molecule has 0 saturated heterocycles. The van der Waals surface area contributed by atoms with Gasteiger partial charge < -0.3 is 13.3 Å². The Bertz CT molecular complexity index is 57.3. The second-order valence-electron chi connectivity index (χ2n) is 1.14. The van der Waals surface area contributed by atoms with Crippen molar-refractivity contribution in [1.29, 1.82) is 0 Å². The highest BCUT2D eigenvalue weighted by molar-refractivity contribution is 8.11. The van der Waals surface area contributed by atoms with Crippen LogP contribution in [0.15, 0.2) is 0 Å². The van der Waals surface area contributed by atoms with Crippen LogP contribution in [0.25, 0.3) is 0 Å². The van der Waals surface area contributed by atoms with Crippen LogP contribution in [-0.2, 0) is 13.3 Å². The summed E-state index contributed by atoms with van der Waals surface area (Å²) in [6, 6.07) is 0. The van der Waals surface area contributed by atoms with Gasteiger partial charge in [-0.25, -0.2) is 0 Å². The zero-order valence-corrected chi connectivity index (χ0v) is 7.07. The topological polar surface area (TPSA) is 27.7 Å². The van der Waals surface area contributed by atoms with E-state index in [2.05, 4.69) is 12.1 Å². The van der Waals surface area contributed by atoms with Gasteiger partial charge in [0.05, 0.1) is 0 Å². The van der Waals surface area contributed by atoms with Gasteiger partial charge in [-0.3, -0.25) is 0 Å². The Hall–Kier alpha value is 0.447. The Balaban J connectivity index is 3.58. The average molecular weight is 154 g/mol. The number of rotatable bonds is 3. The summed E-state index contributed by atoms with van der Waals surface area (Å²) < 4.78 is 14.4. The van der Waals surface area contributed by atoms with E-state index in [0.717, 1.165) is 0 Å². The monoisotopic (exact) mass is 154 g/mol. The van der Waals surface area contributed by atoms with Crippen molar-refractivity contribution in [2.75, 3.05) is 21.3 Å². The maximum Gasteiger partial charge on any atom is 0.569 e. The Morgan fingerprint density at radius 2 is 1.25 bits per heavy atom. The van der Waals surface area contributed by atoms with Crippen LogP contribution in [0.3, 0.4) is 0 Å². The molecule has 0 bridgehead atoms. The zero-order chi connectivity index (χ0) is 6.62. The summed E-state index contributed by atoms with van der Waals surface area (Å²) in [4.78, 5) is 0. The summed E-state index contributed by atoms with van der Waals surface area (Å²) >= 11 is 3.99. The molecule has 0 aliphatic carbocycles. The molecule has 0 aromatic rings. The molecule has 0 atom stereocenters. The van der Waals surface area contributed by atoms with Crippen molar-refractivity contribution in [3.8, 4) is 0 Å². The van der Waals surface area contributed by atoms with Gasteiger partial charge in [-0.1, -0.05) is 0 Å². The van der Waals surface area contributed by atoms with Crippen LogP contribution in [0.5, 0.6) is 0 Å². The van der Waals surface area contributed by atoms with Gasteiger partial charge in [-0.2, -0.15) is 0 Å². The lowest BCUT2D eigenvalue weighted by molar-refractivity contribution is 0.153. The van der Waals surface area contributed by atoms with E-state index in [9.17, 15) is 0 Å². The van der Waals surface area contributed by atoms with Crippen molar-refractivity contribution in [3.63, 3.8) is 0 Å². The lowest BCUT2D eigenvalue weighted by Crippen LogP contribution is -2.36. The fourth-order valence-electron chi connectivity index (χ4n) is 0.250. The molecule has 0 aliphatic rings. The highest BCUT2D eigenvalue weighted by atomic mass is 32.3. The quantitative estimate of drug-likeness (QED) is 0.468. The van der Waals surface area contributed by atoms with E-state index < -0.39 is 7.95 Å². The molecule has 0 radical (unpaired) electrons. The highest BCUT2D eigenvalue weighted by Gasteiger charge is 2.32. The molecular formula is C3H10O3SSi. The summed E-state index contributed by atoms with van der Waals surface area (Å²) in [7, 11) is 2.04. The third-order valence-corrected chi connectivity index (χ3v) is 3.96. The van der Waals surface area contributed by atoms with Crippen LogP contribution in [0.2, 0.25) is 0 Å². The van der Waals surface area contributed by atoms with Crippen molar-refractivity contribution < 1.29 is 13.3 Å². The van der Waals surface area contributed by atoms with Gasteiger partial charge in [-0.15, -0.1) is 12.1 Å². The number of hydrogen-bond donors (Lipinski definition) is 1. The SMILES string of the molecule is CO[Si](S)(OC)OC. The second kappa shape index (κ2) is 3.47. The second-order valence-corrected chi connectivity index (χ2v) is 5.05. The van der Waals surface area contributed by atoms with E-state index in [4.69, 9.17) is 13.3 Å². The number of hydrogen-bond acceptors (Lipinski definition) is 4. The average Bonchev–Trinajstić information content (AvgIpc) is 1.87. The van der Waals surface area contributed by atoms with Crippen LogP contribution in [0.4, 0.5) is 0 Å². The van der Waals surface area contributed by atoms with Gasteiger partial charge in [0.25, 0.3) is 0 Å². The van der Waals surface area contributed by atoms with E-state index in [1.165, 1.54) is 21.3 Å². The Labute approximate surface area is 55.4 Å². The van der Waals surface area contributed by atoms with Gasteiger partial charge in [0, 0.05) is 21.3 Å². The normalized spacial score (nSPS) is 12.0. The molecule has 3 nitrogen and oxygen atoms in total. The highest BCUT2D eigenvalue weighted by Crippen LogP contribution is 2.08. The summed E-state index contributed by atoms with van der Waals surface area (Å²) in [5.41, 5.74) is 0. The first-order chi connectivity index (χ1) is 3.68. The van der Waals surface area contributed by atoms with E-state index in [1.54, 1.807) is 0 Å². The van der Waals surface area contributed by atoms with Gasteiger partial charge in [0.2, 0.25) is 0 Å². The van der Waals surface area contributed by atoms with Crippen LogP contribution < -0.4 is 0 Å². The molecule has 0 aliphatic heterocycles. The third-order valence-electron chi connectivity index (χ3n) is 0.774. The minimum atomic E-state index is -2.48. The minimum absolute atomic E-state index is 1.51. The first kappa shape index (κ1) is 8.45. The fraction of sp³-hybridized carbons (Fsp3) is 1.00. The van der Waals surface area contributed by atoms with Crippen molar-refractivity contribution in [1.82, 2.24) is 0 Å². The molecule has 0 fully saturated rings. The van der Waals surface area contributed by atoms with Crippen molar-refractivity contribution in [2.45, 2.75) is 0 Å². The predicted molar refractivity (Wildman–Crippen MR) is 35.8 cm³/mol. The lowest BCUT2D eigenvalue weighted by atomic mass is 11.8. The van der Waals surface area contributed by atoms with Crippen molar-refractivity contribution in [2.24, 2.45) is 0 Å². The molecule has 5 heteroatoms. The fourth-order valence-corrected chi connectivity index (χ4v) is 0.750. The van der Waals surface area contributed by atoms with Gasteiger partial charge in [-0.05, 0) is 0 Å². The van der Waals surface area contributed by atoms with E-state index in [1.807, 2.05) is 0 Å². The summed E-state index contributed by atoms with van der Waals surface area (Å²) in [6.45, 7) is 0. The summed E-state index contributed by atoms with van der Waals surface area (Å²) in [5.74, 6) is 0. The summed E-state index contributed by atoms with van der Waals surface area (Å²) in [6.07, 6.45) is 0. The maximum absolute atomic E-state index is 4.79. The smallest absolute Gasteiger partial charge is 0.369 e. The summed E-state index contributed by atoms with van der Waals surface area (Å²) in [5, 5.41) is 0. The van der Waals surface area contributed by atoms with Gasteiger partial charge in [0.15, 0.2) is 0 Å². The predicted octanol–water partition coefficient (Wildman–Crippen LogP) is 0.291. The van der Waals surface area contributed by atoms with Gasteiger partial charge in [0.1, 0.15) is 0 Å². The minimum Gasteiger partial charge on any atom is -0.369 e. The van der Waals surface area contributed by atoms with E-state index in [-0.39, 0.29) is 0 Å². The molecule has 50 valence electrons. The molecule has 8 heavy (non-hydrogen) atoms. The standard InChI is InChI=1S/C3H10O3SSi/c1-4-8(7,5-2)6-3/h7H,1-3H3. The largest absolute Gasteiger partial charge is 0.569 e. The molecule has 0 N–H and O–H groups in total. The van der Waals surface area contributed by atoms with Crippen LogP contribution in [0, 0.1) is 0 Å². The molecular weight excluding hydrogens is 144 g/mol. The molecule has 0 saturated carbocycles. The molecule has 0 heterocycles. The molecule has 0 rings (SSSR count). The van der Waals surface area contributed by atoms with Crippen LogP contribution in [0.1, 0.15) is 0 Å².